The van der Waals surface area contributed by atoms with E-state index in [9.17, 15) is 15.4 Å². The Balaban J connectivity index is 1.92. The summed E-state index contributed by atoms with van der Waals surface area (Å²) in [4.78, 5) is 15.0. The number of hydrogen-bond donors (Lipinski definition) is 0. The lowest BCUT2D eigenvalue weighted by atomic mass is 10.1. The molecule has 22 heavy (non-hydrogen) atoms. The molecule has 2 heterocycles. The van der Waals surface area contributed by atoms with Crippen LogP contribution in [0.1, 0.15) is 13.3 Å². The lowest BCUT2D eigenvalue weighted by Gasteiger charge is -2.38. The van der Waals surface area contributed by atoms with E-state index in [2.05, 4.69) is 15.9 Å². The second-order valence-corrected chi connectivity index (χ2v) is 5.58. The molecule has 1 aromatic rings. The maximum absolute atomic E-state index is 11.1. The van der Waals surface area contributed by atoms with Crippen LogP contribution in [0.2, 0.25) is 0 Å². The van der Waals surface area contributed by atoms with Crippen molar-refractivity contribution in [3.63, 3.8) is 0 Å². The van der Waals surface area contributed by atoms with Crippen LogP contribution in [0.15, 0.2) is 18.2 Å². The molecule has 2 aliphatic rings. The van der Waals surface area contributed by atoms with Crippen molar-refractivity contribution in [2.75, 3.05) is 31.1 Å². The first-order valence-corrected chi connectivity index (χ1v) is 7.45. The van der Waals surface area contributed by atoms with Gasteiger partial charge in [-0.2, -0.15) is 5.26 Å². The molecule has 3 unspecified atom stereocenters. The van der Waals surface area contributed by atoms with Crippen LogP contribution in [0.25, 0.3) is 0 Å². The third kappa shape index (κ3) is 2.46. The van der Waals surface area contributed by atoms with E-state index in [0.717, 1.165) is 25.2 Å². The number of nitro groups is 1. The van der Waals surface area contributed by atoms with E-state index in [0.29, 0.717) is 24.9 Å². The molecule has 2 aliphatic heterocycles. The Kier molecular flexibility index (Phi) is 3.86. The highest BCUT2D eigenvalue weighted by Crippen LogP contribution is 2.35. The number of rotatable bonds is 4. The Morgan fingerprint density at radius 3 is 3.00 bits per heavy atom. The van der Waals surface area contributed by atoms with Crippen LogP contribution in [-0.2, 0) is 0 Å². The SMILES string of the molecule is CCOc1cc(N2CC(C#N)N3CCC2C3)ccc1[N+](=O)[O-]. The van der Waals surface area contributed by atoms with Gasteiger partial charge in [0.1, 0.15) is 6.04 Å². The van der Waals surface area contributed by atoms with Gasteiger partial charge in [-0.3, -0.25) is 15.0 Å². The number of fused-ring (bicyclic) bond motifs is 2. The number of anilines is 1. The van der Waals surface area contributed by atoms with Gasteiger partial charge in [-0.15, -0.1) is 0 Å². The summed E-state index contributed by atoms with van der Waals surface area (Å²) in [5.74, 6) is 0.291. The number of piperazine rings is 1. The number of nitriles is 1. The summed E-state index contributed by atoms with van der Waals surface area (Å²) in [5, 5.41) is 20.4. The van der Waals surface area contributed by atoms with Crippen LogP contribution in [0.5, 0.6) is 5.75 Å². The summed E-state index contributed by atoms with van der Waals surface area (Å²) in [6.45, 7) is 4.62. The second kappa shape index (κ2) is 5.81. The van der Waals surface area contributed by atoms with Gasteiger partial charge in [-0.05, 0) is 19.4 Å². The molecule has 1 aromatic carbocycles. The molecule has 3 rings (SSSR count). The lowest BCUT2D eigenvalue weighted by Crippen LogP contribution is -2.52. The molecule has 2 saturated heterocycles. The Morgan fingerprint density at radius 2 is 2.32 bits per heavy atom. The van der Waals surface area contributed by atoms with Crippen LogP contribution in [0, 0.1) is 21.4 Å². The molecule has 0 amide bonds. The molecule has 0 aliphatic carbocycles. The predicted molar refractivity (Wildman–Crippen MR) is 81.0 cm³/mol. The Labute approximate surface area is 128 Å². The molecule has 7 heteroatoms. The summed E-state index contributed by atoms with van der Waals surface area (Å²) in [5.41, 5.74) is 0.869. The molecular weight excluding hydrogens is 284 g/mol. The smallest absolute Gasteiger partial charge is 0.311 e. The summed E-state index contributed by atoms with van der Waals surface area (Å²) < 4.78 is 5.42. The molecule has 2 bridgehead atoms. The van der Waals surface area contributed by atoms with Gasteiger partial charge in [0.05, 0.1) is 17.6 Å². The van der Waals surface area contributed by atoms with Crippen molar-refractivity contribution in [1.82, 2.24) is 4.90 Å². The van der Waals surface area contributed by atoms with Crippen LogP contribution < -0.4 is 9.64 Å². The predicted octanol–water partition coefficient (Wildman–Crippen LogP) is 1.78. The highest BCUT2D eigenvalue weighted by molar-refractivity contribution is 5.60. The number of hydrogen-bond acceptors (Lipinski definition) is 6. The van der Waals surface area contributed by atoms with Crippen molar-refractivity contribution in [1.29, 1.82) is 5.26 Å². The second-order valence-electron chi connectivity index (χ2n) is 5.58. The maximum Gasteiger partial charge on any atom is 0.311 e. The fourth-order valence-electron chi connectivity index (χ4n) is 3.30. The molecule has 0 N–H and O–H groups in total. The molecule has 0 aromatic heterocycles. The average Bonchev–Trinajstić information content (AvgIpc) is 2.92. The van der Waals surface area contributed by atoms with Crippen LogP contribution in [0.4, 0.5) is 11.4 Å². The Hall–Kier alpha value is -2.33. The van der Waals surface area contributed by atoms with Gasteiger partial charge >= 0.3 is 5.69 Å². The molecule has 116 valence electrons. The molecule has 7 nitrogen and oxygen atoms in total. The fourth-order valence-corrected chi connectivity index (χ4v) is 3.30. The van der Waals surface area contributed by atoms with Gasteiger partial charge in [-0.25, -0.2) is 0 Å². The zero-order valence-electron chi connectivity index (χ0n) is 12.4. The third-order valence-corrected chi connectivity index (χ3v) is 4.37. The minimum atomic E-state index is -0.430. The van der Waals surface area contributed by atoms with Gasteiger partial charge in [0.25, 0.3) is 0 Å². The molecule has 2 fully saturated rings. The number of nitro benzene ring substituents is 1. The van der Waals surface area contributed by atoms with Crippen molar-refractivity contribution in [3.8, 4) is 11.8 Å². The maximum atomic E-state index is 11.1. The standard InChI is InChI=1S/C15H18N4O3/c1-2-22-15-7-11(3-4-14(15)19(20)21)18-10-13(8-16)17-6-5-12(18)9-17/h3-4,7,12-13H,2,5-6,9-10H2,1H3. The lowest BCUT2D eigenvalue weighted by molar-refractivity contribution is -0.385. The van der Waals surface area contributed by atoms with E-state index in [1.807, 2.05) is 0 Å². The van der Waals surface area contributed by atoms with Crippen molar-refractivity contribution < 1.29 is 9.66 Å². The Bertz CT molecular complexity index is 628. The minimum Gasteiger partial charge on any atom is -0.487 e. The summed E-state index contributed by atoms with van der Waals surface area (Å²) in [6, 6.07) is 7.55. The highest BCUT2D eigenvalue weighted by Gasteiger charge is 2.39. The van der Waals surface area contributed by atoms with Crippen molar-refractivity contribution in [2.45, 2.75) is 25.4 Å². The van der Waals surface area contributed by atoms with Gasteiger partial charge < -0.3 is 9.64 Å². The Morgan fingerprint density at radius 1 is 1.50 bits per heavy atom. The largest absolute Gasteiger partial charge is 0.487 e. The molecule has 3 atom stereocenters. The first-order valence-electron chi connectivity index (χ1n) is 7.45. The minimum absolute atomic E-state index is 0.0208. The normalized spacial score (nSPS) is 26.5. The fraction of sp³-hybridized carbons (Fsp3) is 0.533. The quantitative estimate of drug-likeness (QED) is 0.623. The monoisotopic (exact) mass is 302 g/mol. The third-order valence-electron chi connectivity index (χ3n) is 4.37. The van der Waals surface area contributed by atoms with Gasteiger partial charge in [-0.1, -0.05) is 0 Å². The van der Waals surface area contributed by atoms with Crippen molar-refractivity contribution >= 4 is 11.4 Å². The topological polar surface area (TPSA) is 82.6 Å². The average molecular weight is 302 g/mol. The molecular formula is C15H18N4O3. The van der Waals surface area contributed by atoms with Crippen LogP contribution in [0.3, 0.4) is 0 Å². The van der Waals surface area contributed by atoms with Gasteiger partial charge in [0, 0.05) is 43.5 Å². The van der Waals surface area contributed by atoms with Gasteiger partial charge in [0.15, 0.2) is 5.75 Å². The zero-order chi connectivity index (χ0) is 15.7. The summed E-state index contributed by atoms with van der Waals surface area (Å²) in [6.07, 6.45) is 1.01. The van der Waals surface area contributed by atoms with Crippen LogP contribution in [-0.4, -0.2) is 48.1 Å². The summed E-state index contributed by atoms with van der Waals surface area (Å²) in [7, 11) is 0. The number of benzene rings is 1. The first kappa shape index (κ1) is 14.6. The number of nitrogens with zero attached hydrogens (tertiary/aromatic N) is 4. The van der Waals surface area contributed by atoms with E-state index >= 15 is 0 Å². The summed E-state index contributed by atoms with van der Waals surface area (Å²) >= 11 is 0. The van der Waals surface area contributed by atoms with E-state index < -0.39 is 4.92 Å². The van der Waals surface area contributed by atoms with Gasteiger partial charge in [0.2, 0.25) is 0 Å². The van der Waals surface area contributed by atoms with Crippen LogP contribution >= 0.6 is 0 Å². The van der Waals surface area contributed by atoms with E-state index in [1.165, 1.54) is 6.07 Å². The molecule has 0 radical (unpaired) electrons. The molecule has 0 saturated carbocycles. The van der Waals surface area contributed by atoms with Crippen molar-refractivity contribution in [2.24, 2.45) is 0 Å². The highest BCUT2D eigenvalue weighted by atomic mass is 16.6. The zero-order valence-corrected chi connectivity index (χ0v) is 12.4. The first-order chi connectivity index (χ1) is 10.6. The van der Waals surface area contributed by atoms with E-state index in [-0.39, 0.29) is 11.7 Å². The molecule has 0 spiro atoms. The van der Waals surface area contributed by atoms with Crippen molar-refractivity contribution in [3.05, 3.63) is 28.3 Å². The number of ether oxygens (including phenoxy) is 1. The van der Waals surface area contributed by atoms with E-state index in [4.69, 9.17) is 4.74 Å². The van der Waals surface area contributed by atoms with E-state index in [1.54, 1.807) is 19.1 Å².